The summed E-state index contributed by atoms with van der Waals surface area (Å²) in [5.74, 6) is 0.684. The van der Waals surface area contributed by atoms with Gasteiger partial charge >= 0.3 is 0 Å². The molecule has 0 amide bonds. The van der Waals surface area contributed by atoms with Crippen molar-refractivity contribution < 1.29 is 21.6 Å². The summed E-state index contributed by atoms with van der Waals surface area (Å²) in [4.78, 5) is 0.186. The number of nitrogens with zero attached hydrogens (tertiary/aromatic N) is 2. The minimum Gasteiger partial charge on any atom is -0.497 e. The summed E-state index contributed by atoms with van der Waals surface area (Å²) in [5.41, 5.74) is 0.950. The molecule has 0 aliphatic rings. The first-order valence-electron chi connectivity index (χ1n) is 10.1. The van der Waals surface area contributed by atoms with Crippen molar-refractivity contribution in [3.63, 3.8) is 0 Å². The Morgan fingerprint density at radius 1 is 0.909 bits per heavy atom. The number of nitrogens with one attached hydrogen (secondary N) is 2. The van der Waals surface area contributed by atoms with Gasteiger partial charge in [-0.25, -0.2) is 21.6 Å². The molecule has 33 heavy (non-hydrogen) atoms. The maximum absolute atomic E-state index is 12.9. The highest BCUT2D eigenvalue weighted by atomic mass is 32.2. The van der Waals surface area contributed by atoms with Crippen LogP contribution in [0.3, 0.4) is 0 Å². The number of hydrogen-bond acceptors (Lipinski definition) is 8. The van der Waals surface area contributed by atoms with E-state index in [9.17, 15) is 16.8 Å². The molecule has 1 atom stereocenters. The molecular weight excluding hydrogens is 484 g/mol. The third-order valence-corrected chi connectivity index (χ3v) is 8.59. The SMILES string of the molecule is COc1ccc(S(=O)(=O)Nc2nnc(C(CC(C)C)NS(=O)(=O)c3ccc(C)cc3)s2)cc1. The number of anilines is 1. The number of sulfonamides is 2. The second-order valence-corrected chi connectivity index (χ2v) is 12.2. The van der Waals surface area contributed by atoms with E-state index in [1.165, 1.54) is 19.2 Å². The van der Waals surface area contributed by atoms with Crippen LogP contribution in [0.1, 0.15) is 36.9 Å². The molecule has 1 aromatic heterocycles. The Balaban J connectivity index is 1.82. The molecule has 0 fully saturated rings. The van der Waals surface area contributed by atoms with Crippen LogP contribution < -0.4 is 14.2 Å². The van der Waals surface area contributed by atoms with Crippen LogP contribution in [0.2, 0.25) is 0 Å². The molecule has 2 N–H and O–H groups in total. The smallest absolute Gasteiger partial charge is 0.263 e. The first-order valence-corrected chi connectivity index (χ1v) is 13.9. The van der Waals surface area contributed by atoms with E-state index >= 15 is 0 Å². The van der Waals surface area contributed by atoms with E-state index in [1.54, 1.807) is 36.4 Å². The molecule has 0 aliphatic carbocycles. The van der Waals surface area contributed by atoms with Gasteiger partial charge in [-0.15, -0.1) is 10.2 Å². The Morgan fingerprint density at radius 2 is 1.48 bits per heavy atom. The van der Waals surface area contributed by atoms with Crippen LogP contribution in [-0.4, -0.2) is 34.1 Å². The lowest BCUT2D eigenvalue weighted by Crippen LogP contribution is -2.29. The van der Waals surface area contributed by atoms with Crippen LogP contribution in [-0.2, 0) is 20.0 Å². The Hall–Kier alpha value is -2.54. The fourth-order valence-electron chi connectivity index (χ4n) is 2.99. The summed E-state index contributed by atoms with van der Waals surface area (Å²) < 4.78 is 61.3. The van der Waals surface area contributed by atoms with E-state index in [0.717, 1.165) is 16.9 Å². The standard InChI is InChI=1S/C21H26N4O5S3/c1-14(2)13-19(24-32(26,27)17-9-5-15(3)6-10-17)20-22-23-21(31-20)25-33(28,29)18-11-7-16(30-4)8-12-18/h5-12,14,19,24H,13H2,1-4H3,(H,23,25). The molecule has 178 valence electrons. The minimum absolute atomic E-state index is 0.0406. The van der Waals surface area contributed by atoms with Crippen LogP contribution in [0.5, 0.6) is 5.75 Å². The minimum atomic E-state index is -3.89. The molecule has 0 bridgehead atoms. The van der Waals surface area contributed by atoms with Gasteiger partial charge < -0.3 is 4.74 Å². The normalized spacial score (nSPS) is 13.1. The van der Waals surface area contributed by atoms with E-state index < -0.39 is 26.1 Å². The highest BCUT2D eigenvalue weighted by molar-refractivity contribution is 7.93. The molecule has 12 heteroatoms. The second-order valence-electron chi connectivity index (χ2n) is 7.84. The Kier molecular flexibility index (Phi) is 7.73. The number of methoxy groups -OCH3 is 1. The second kappa shape index (κ2) is 10.2. The van der Waals surface area contributed by atoms with Crippen molar-refractivity contribution in [3.05, 3.63) is 59.1 Å². The molecule has 0 saturated heterocycles. The third-order valence-electron chi connectivity index (χ3n) is 4.67. The largest absolute Gasteiger partial charge is 0.497 e. The van der Waals surface area contributed by atoms with Gasteiger partial charge in [0.1, 0.15) is 10.8 Å². The predicted octanol–water partition coefficient (Wildman–Crippen LogP) is 3.72. The van der Waals surface area contributed by atoms with Gasteiger partial charge in [0.05, 0.1) is 22.9 Å². The Labute approximate surface area is 198 Å². The van der Waals surface area contributed by atoms with Gasteiger partial charge in [0.15, 0.2) is 0 Å². The lowest BCUT2D eigenvalue weighted by Gasteiger charge is -2.18. The van der Waals surface area contributed by atoms with E-state index in [0.29, 0.717) is 17.2 Å². The van der Waals surface area contributed by atoms with E-state index in [4.69, 9.17) is 4.74 Å². The average Bonchev–Trinajstić information content (AvgIpc) is 3.21. The van der Waals surface area contributed by atoms with Crippen molar-refractivity contribution in [2.45, 2.75) is 43.0 Å². The van der Waals surface area contributed by atoms with Crippen molar-refractivity contribution in [2.24, 2.45) is 5.92 Å². The zero-order valence-corrected chi connectivity index (χ0v) is 21.1. The molecular formula is C21H26N4O5S3. The zero-order chi connectivity index (χ0) is 24.2. The highest BCUT2D eigenvalue weighted by Crippen LogP contribution is 2.29. The average molecular weight is 511 g/mol. The van der Waals surface area contributed by atoms with Crippen LogP contribution in [0.15, 0.2) is 58.3 Å². The summed E-state index contributed by atoms with van der Waals surface area (Å²) in [6, 6.07) is 11.8. The number of aryl methyl sites for hydroxylation is 1. The first-order chi connectivity index (χ1) is 15.5. The van der Waals surface area contributed by atoms with Gasteiger partial charge in [-0.05, 0) is 55.7 Å². The summed E-state index contributed by atoms with van der Waals surface area (Å²) in [6.45, 7) is 5.80. The molecule has 9 nitrogen and oxygen atoms in total. The zero-order valence-electron chi connectivity index (χ0n) is 18.6. The molecule has 0 aliphatic heterocycles. The van der Waals surface area contributed by atoms with Gasteiger partial charge in [-0.1, -0.05) is 42.9 Å². The van der Waals surface area contributed by atoms with Crippen molar-refractivity contribution in [1.82, 2.24) is 14.9 Å². The van der Waals surface area contributed by atoms with Crippen molar-refractivity contribution in [1.29, 1.82) is 0 Å². The van der Waals surface area contributed by atoms with Gasteiger partial charge in [0.25, 0.3) is 10.0 Å². The number of aromatic nitrogens is 2. The predicted molar refractivity (Wildman–Crippen MR) is 127 cm³/mol. The third kappa shape index (κ3) is 6.50. The van der Waals surface area contributed by atoms with E-state index in [2.05, 4.69) is 19.6 Å². The lowest BCUT2D eigenvalue weighted by atomic mass is 10.1. The van der Waals surface area contributed by atoms with Gasteiger partial charge in [-0.3, -0.25) is 4.72 Å². The Bertz CT molecular complexity index is 1290. The summed E-state index contributed by atoms with van der Waals surface area (Å²) >= 11 is 0.986. The number of benzene rings is 2. The Morgan fingerprint density at radius 3 is 2.06 bits per heavy atom. The fourth-order valence-corrected chi connectivity index (χ4v) is 6.31. The molecule has 2 aromatic carbocycles. The molecule has 1 unspecified atom stereocenters. The van der Waals surface area contributed by atoms with E-state index in [-0.39, 0.29) is 20.8 Å². The lowest BCUT2D eigenvalue weighted by molar-refractivity contribution is 0.414. The fraction of sp³-hybridized carbons (Fsp3) is 0.333. The topological polar surface area (TPSA) is 127 Å². The van der Waals surface area contributed by atoms with Crippen LogP contribution in [0.4, 0.5) is 5.13 Å². The monoisotopic (exact) mass is 510 g/mol. The number of hydrogen-bond donors (Lipinski definition) is 2. The summed E-state index contributed by atoms with van der Waals surface area (Å²) in [5, 5.41) is 8.40. The molecule has 0 spiro atoms. The van der Waals surface area contributed by atoms with Crippen LogP contribution in [0, 0.1) is 12.8 Å². The summed E-state index contributed by atoms with van der Waals surface area (Å²) in [6.07, 6.45) is 0.463. The first kappa shape index (κ1) is 25.1. The van der Waals surface area contributed by atoms with Crippen molar-refractivity contribution in [2.75, 3.05) is 11.8 Å². The van der Waals surface area contributed by atoms with Crippen LogP contribution in [0.25, 0.3) is 0 Å². The molecule has 3 rings (SSSR count). The van der Waals surface area contributed by atoms with Crippen molar-refractivity contribution in [3.8, 4) is 5.75 Å². The van der Waals surface area contributed by atoms with Gasteiger partial charge in [0.2, 0.25) is 15.2 Å². The maximum Gasteiger partial charge on any atom is 0.263 e. The molecule has 0 radical (unpaired) electrons. The molecule has 0 saturated carbocycles. The van der Waals surface area contributed by atoms with Crippen molar-refractivity contribution >= 4 is 36.5 Å². The number of rotatable bonds is 10. The maximum atomic E-state index is 12.9. The molecule has 1 heterocycles. The highest BCUT2D eigenvalue weighted by Gasteiger charge is 2.26. The van der Waals surface area contributed by atoms with Crippen LogP contribution >= 0.6 is 11.3 Å². The number of ether oxygens (including phenoxy) is 1. The van der Waals surface area contributed by atoms with E-state index in [1.807, 2.05) is 20.8 Å². The quantitative estimate of drug-likeness (QED) is 0.425. The summed E-state index contributed by atoms with van der Waals surface area (Å²) in [7, 11) is -6.21. The van der Waals surface area contributed by atoms with Gasteiger partial charge in [-0.2, -0.15) is 0 Å². The van der Waals surface area contributed by atoms with Gasteiger partial charge in [0, 0.05) is 0 Å². The molecule has 3 aromatic rings.